The average molecular weight is 297 g/mol. The molecule has 0 aliphatic heterocycles. The highest BCUT2D eigenvalue weighted by Gasteiger charge is 2.18. The lowest BCUT2D eigenvalue weighted by Crippen LogP contribution is -2.37. The van der Waals surface area contributed by atoms with Gasteiger partial charge in [0.2, 0.25) is 0 Å². The van der Waals surface area contributed by atoms with Crippen molar-refractivity contribution >= 4 is 12.6 Å². The number of hydrogen-bond acceptors (Lipinski definition) is 4. The van der Waals surface area contributed by atoms with E-state index >= 15 is 0 Å². The Kier molecular flexibility index (Phi) is 7.89. The zero-order valence-electron chi connectivity index (χ0n) is 13.1. The normalized spacial score (nSPS) is 11.4. The zero-order chi connectivity index (χ0) is 15.8. The molecule has 0 aromatic heterocycles. The van der Waals surface area contributed by atoms with Gasteiger partial charge in [-0.05, 0) is 24.4 Å². The predicted octanol–water partition coefficient (Wildman–Crippen LogP) is 1.14. The van der Waals surface area contributed by atoms with Crippen molar-refractivity contribution in [2.75, 3.05) is 20.3 Å². The van der Waals surface area contributed by atoms with Crippen LogP contribution in [-0.2, 0) is 11.3 Å². The topological polar surface area (TPSA) is 52.9 Å². The number of ether oxygens (including phenoxy) is 1. The Hall–Kier alpha value is -0.945. The van der Waals surface area contributed by atoms with Gasteiger partial charge in [0.1, 0.15) is 5.82 Å². The van der Waals surface area contributed by atoms with E-state index in [9.17, 15) is 4.39 Å². The van der Waals surface area contributed by atoms with Crippen LogP contribution in [-0.4, -0.2) is 48.4 Å². The van der Waals surface area contributed by atoms with E-state index in [0.29, 0.717) is 24.8 Å². The summed E-state index contributed by atoms with van der Waals surface area (Å²) in [6, 6.07) is 4.72. The summed E-state index contributed by atoms with van der Waals surface area (Å²) in [4.78, 5) is 2.21. The predicted molar refractivity (Wildman–Crippen MR) is 82.9 cm³/mol. The highest BCUT2D eigenvalue weighted by Crippen LogP contribution is 2.15. The first-order chi connectivity index (χ1) is 10.0. The van der Waals surface area contributed by atoms with Crippen LogP contribution in [0.1, 0.15) is 32.3 Å². The van der Waals surface area contributed by atoms with Crippen LogP contribution >= 0.6 is 0 Å². The third-order valence-corrected chi connectivity index (χ3v) is 3.79. The van der Waals surface area contributed by atoms with Gasteiger partial charge in [0.05, 0.1) is 6.61 Å². The largest absolute Gasteiger partial charge is 0.488 e. The molecule has 118 valence electrons. The van der Waals surface area contributed by atoms with E-state index in [1.165, 1.54) is 6.07 Å². The lowest BCUT2D eigenvalue weighted by molar-refractivity contribution is 0.109. The molecule has 0 fully saturated rings. The fourth-order valence-electron chi connectivity index (χ4n) is 2.48. The third kappa shape index (κ3) is 5.39. The molecule has 0 amide bonds. The quantitative estimate of drug-likeness (QED) is 0.671. The zero-order valence-corrected chi connectivity index (χ0v) is 13.1. The highest BCUT2D eigenvalue weighted by atomic mass is 19.1. The average Bonchev–Trinajstić information content (AvgIpc) is 2.47. The Bertz CT molecular complexity index is 427. The second-order valence-electron chi connectivity index (χ2n) is 5.16. The van der Waals surface area contributed by atoms with Crippen LogP contribution in [0.15, 0.2) is 18.2 Å². The fourth-order valence-corrected chi connectivity index (χ4v) is 2.48. The van der Waals surface area contributed by atoms with E-state index in [4.69, 9.17) is 14.8 Å². The highest BCUT2D eigenvalue weighted by molar-refractivity contribution is 6.58. The molecule has 2 N–H and O–H groups in total. The molecule has 0 saturated carbocycles. The van der Waals surface area contributed by atoms with E-state index in [1.54, 1.807) is 19.2 Å². The lowest BCUT2D eigenvalue weighted by Gasteiger charge is -2.30. The van der Waals surface area contributed by atoms with Gasteiger partial charge in [-0.2, -0.15) is 0 Å². The monoisotopic (exact) mass is 297 g/mol. The van der Waals surface area contributed by atoms with Crippen LogP contribution in [0.5, 0.6) is 0 Å². The Balaban J connectivity index is 2.86. The molecule has 0 spiro atoms. The Morgan fingerprint density at radius 2 is 1.95 bits per heavy atom. The summed E-state index contributed by atoms with van der Waals surface area (Å²) in [5.41, 5.74) is 0.727. The number of methoxy groups -OCH3 is 1. The van der Waals surface area contributed by atoms with Crippen molar-refractivity contribution in [3.8, 4) is 0 Å². The van der Waals surface area contributed by atoms with E-state index in [1.807, 2.05) is 0 Å². The molecule has 0 radical (unpaired) electrons. The maximum atomic E-state index is 14.1. The number of hydrogen-bond donors (Lipinski definition) is 2. The summed E-state index contributed by atoms with van der Waals surface area (Å²) in [6.45, 7) is 6.08. The molecule has 0 bridgehead atoms. The van der Waals surface area contributed by atoms with Crippen molar-refractivity contribution in [1.82, 2.24) is 4.90 Å². The van der Waals surface area contributed by atoms with E-state index in [2.05, 4.69) is 18.7 Å². The van der Waals surface area contributed by atoms with Crippen LogP contribution in [0.25, 0.3) is 0 Å². The number of halogens is 1. The maximum absolute atomic E-state index is 14.1. The van der Waals surface area contributed by atoms with Crippen LogP contribution in [0, 0.1) is 5.82 Å². The molecule has 21 heavy (non-hydrogen) atoms. The molecule has 0 unspecified atom stereocenters. The van der Waals surface area contributed by atoms with E-state index < -0.39 is 12.9 Å². The molecule has 1 rings (SSSR count). The molecule has 1 aromatic carbocycles. The molecule has 0 aliphatic carbocycles. The van der Waals surface area contributed by atoms with Crippen LogP contribution in [0.2, 0.25) is 0 Å². The van der Waals surface area contributed by atoms with E-state index in [-0.39, 0.29) is 5.46 Å². The summed E-state index contributed by atoms with van der Waals surface area (Å²) in [7, 11) is 0.0143. The van der Waals surface area contributed by atoms with Crippen molar-refractivity contribution in [3.63, 3.8) is 0 Å². The summed E-state index contributed by atoms with van der Waals surface area (Å²) in [6.07, 6.45) is 1.99. The Morgan fingerprint density at radius 1 is 1.29 bits per heavy atom. The molecule has 4 nitrogen and oxygen atoms in total. The summed E-state index contributed by atoms with van der Waals surface area (Å²) in [5.74, 6) is -0.408. The first kappa shape index (κ1) is 18.1. The molecule has 1 aromatic rings. The standard InChI is InChI=1S/C15H25BFNO3/c1-4-14(5-2)18(8-9-21-3)11-12-6-7-13(16(19)20)10-15(12)17/h6-7,10,14,19-20H,4-5,8-9,11H2,1-3H3. The summed E-state index contributed by atoms with van der Waals surface area (Å²) in [5, 5.41) is 18.1. The molecule has 0 aliphatic rings. The van der Waals surface area contributed by atoms with Gasteiger partial charge >= 0.3 is 7.12 Å². The van der Waals surface area contributed by atoms with Crippen molar-refractivity contribution in [1.29, 1.82) is 0 Å². The third-order valence-electron chi connectivity index (χ3n) is 3.79. The van der Waals surface area contributed by atoms with Crippen molar-refractivity contribution < 1.29 is 19.2 Å². The molecular weight excluding hydrogens is 272 g/mol. The second kappa shape index (κ2) is 9.15. The van der Waals surface area contributed by atoms with Crippen molar-refractivity contribution in [3.05, 3.63) is 29.6 Å². The number of rotatable bonds is 9. The van der Waals surface area contributed by atoms with Gasteiger partial charge in [-0.25, -0.2) is 4.39 Å². The number of nitrogens with zero attached hydrogens (tertiary/aromatic N) is 1. The number of benzene rings is 1. The van der Waals surface area contributed by atoms with Gasteiger partial charge in [0.15, 0.2) is 0 Å². The molecule has 6 heteroatoms. The minimum atomic E-state index is -1.64. The van der Waals surface area contributed by atoms with Gasteiger partial charge in [-0.15, -0.1) is 0 Å². The van der Waals surface area contributed by atoms with Crippen LogP contribution in [0.4, 0.5) is 4.39 Å². The second-order valence-corrected chi connectivity index (χ2v) is 5.16. The van der Waals surface area contributed by atoms with Crippen molar-refractivity contribution in [2.24, 2.45) is 0 Å². The fraction of sp³-hybridized carbons (Fsp3) is 0.600. The lowest BCUT2D eigenvalue weighted by atomic mass is 9.80. The van der Waals surface area contributed by atoms with E-state index in [0.717, 1.165) is 19.4 Å². The van der Waals surface area contributed by atoms with Gasteiger partial charge in [0.25, 0.3) is 0 Å². The molecule has 0 heterocycles. The van der Waals surface area contributed by atoms with Gasteiger partial charge < -0.3 is 14.8 Å². The Morgan fingerprint density at radius 3 is 2.43 bits per heavy atom. The molecular formula is C15H25BFNO3. The van der Waals surface area contributed by atoms with Crippen molar-refractivity contribution in [2.45, 2.75) is 39.3 Å². The van der Waals surface area contributed by atoms with Gasteiger partial charge in [0, 0.05) is 31.8 Å². The summed E-state index contributed by atoms with van der Waals surface area (Å²) < 4.78 is 19.2. The molecule has 0 saturated heterocycles. The Labute approximate surface area is 126 Å². The van der Waals surface area contributed by atoms with Crippen LogP contribution in [0.3, 0.4) is 0 Å². The maximum Gasteiger partial charge on any atom is 0.488 e. The minimum absolute atomic E-state index is 0.169. The first-order valence-corrected chi connectivity index (χ1v) is 7.40. The molecule has 0 atom stereocenters. The SMILES string of the molecule is CCC(CC)N(CCOC)Cc1ccc(B(O)O)cc1F. The summed E-state index contributed by atoms with van der Waals surface area (Å²) >= 11 is 0. The smallest absolute Gasteiger partial charge is 0.423 e. The minimum Gasteiger partial charge on any atom is -0.423 e. The van der Waals surface area contributed by atoms with Gasteiger partial charge in [-0.1, -0.05) is 26.0 Å². The van der Waals surface area contributed by atoms with Crippen LogP contribution < -0.4 is 5.46 Å². The first-order valence-electron chi connectivity index (χ1n) is 7.40. The van der Waals surface area contributed by atoms with Gasteiger partial charge in [-0.3, -0.25) is 4.90 Å².